The van der Waals surface area contributed by atoms with Crippen molar-refractivity contribution < 1.29 is 13.5 Å². The molecule has 1 N–H and O–H groups in total. The quantitative estimate of drug-likeness (QED) is 0.844. The summed E-state index contributed by atoms with van der Waals surface area (Å²) in [6, 6.07) is 12.4. The molecule has 0 fully saturated rings. The fraction of sp³-hybridized carbons (Fsp3) is 0.353. The number of aliphatic hydroxyl groups is 1. The molecule has 2 aromatic rings. The summed E-state index contributed by atoms with van der Waals surface area (Å²) in [6.07, 6.45) is 3.32. The first kappa shape index (κ1) is 17.6. The van der Waals surface area contributed by atoms with E-state index in [1.807, 2.05) is 37.3 Å². The Bertz CT molecular complexity index is 716. The van der Waals surface area contributed by atoms with Crippen LogP contribution in [-0.4, -0.2) is 35.0 Å². The summed E-state index contributed by atoms with van der Waals surface area (Å²) in [5.74, 6) is 0. The second-order valence-corrected chi connectivity index (χ2v) is 7.74. The summed E-state index contributed by atoms with van der Waals surface area (Å²) in [5, 5.41) is 10.4. The van der Waals surface area contributed by atoms with E-state index in [2.05, 4.69) is 4.98 Å². The first-order valence-electron chi connectivity index (χ1n) is 7.51. The van der Waals surface area contributed by atoms with Crippen LogP contribution < -0.4 is 0 Å². The molecular formula is C17H22N2O3S. The Balaban J connectivity index is 2.37. The molecule has 6 heteroatoms. The minimum Gasteiger partial charge on any atom is -0.389 e. The van der Waals surface area contributed by atoms with Gasteiger partial charge in [-0.25, -0.2) is 8.42 Å². The van der Waals surface area contributed by atoms with Gasteiger partial charge in [-0.2, -0.15) is 4.31 Å². The van der Waals surface area contributed by atoms with E-state index in [1.165, 1.54) is 22.8 Å². The van der Waals surface area contributed by atoms with Crippen molar-refractivity contribution in [3.8, 4) is 0 Å². The van der Waals surface area contributed by atoms with Gasteiger partial charge in [-0.05, 0) is 31.0 Å². The van der Waals surface area contributed by atoms with Gasteiger partial charge in [0.25, 0.3) is 0 Å². The zero-order chi connectivity index (χ0) is 16.9. The number of hydrogen-bond donors (Lipinski definition) is 1. The van der Waals surface area contributed by atoms with Gasteiger partial charge in [0.15, 0.2) is 0 Å². The highest BCUT2D eigenvalue weighted by molar-refractivity contribution is 7.89. The number of hydrogen-bond acceptors (Lipinski definition) is 4. The summed E-state index contributed by atoms with van der Waals surface area (Å²) in [4.78, 5) is 4.02. The molecule has 0 bridgehead atoms. The van der Waals surface area contributed by atoms with Gasteiger partial charge in [-0.3, -0.25) is 4.98 Å². The highest BCUT2D eigenvalue weighted by atomic mass is 32.2. The number of nitrogens with zero attached hydrogens (tertiary/aromatic N) is 2. The molecule has 0 amide bonds. The maximum Gasteiger partial charge on any atom is 0.245 e. The first-order valence-corrected chi connectivity index (χ1v) is 8.96. The van der Waals surface area contributed by atoms with Gasteiger partial charge in [0, 0.05) is 25.5 Å². The summed E-state index contributed by atoms with van der Waals surface area (Å²) >= 11 is 0. The predicted octanol–water partition coefficient (Wildman–Crippen LogP) is 2.43. The number of pyridine rings is 1. The normalized spacial score (nSPS) is 14.6. The predicted molar refractivity (Wildman–Crippen MR) is 89.2 cm³/mol. The minimum absolute atomic E-state index is 0.0234. The van der Waals surface area contributed by atoms with Crippen molar-refractivity contribution in [2.24, 2.45) is 0 Å². The SMILES string of the molecule is CC[C@@](C)(O)CN(Cc1ccccc1)S(=O)(=O)c1cccnc1. The van der Waals surface area contributed by atoms with E-state index in [-0.39, 0.29) is 18.0 Å². The molecule has 23 heavy (non-hydrogen) atoms. The highest BCUT2D eigenvalue weighted by Gasteiger charge is 2.31. The molecule has 2 rings (SSSR count). The molecule has 0 aliphatic rings. The molecule has 0 radical (unpaired) electrons. The zero-order valence-corrected chi connectivity index (χ0v) is 14.2. The number of aromatic nitrogens is 1. The van der Waals surface area contributed by atoms with Gasteiger partial charge in [-0.15, -0.1) is 0 Å². The Morgan fingerprint density at radius 2 is 1.87 bits per heavy atom. The Hall–Kier alpha value is -1.76. The molecule has 124 valence electrons. The number of rotatable bonds is 7. The molecule has 1 atom stereocenters. The maximum atomic E-state index is 12.9. The molecule has 0 unspecified atom stereocenters. The largest absolute Gasteiger partial charge is 0.389 e. The average Bonchev–Trinajstić information content (AvgIpc) is 2.56. The summed E-state index contributed by atoms with van der Waals surface area (Å²) in [7, 11) is -3.73. The molecule has 1 aromatic heterocycles. The Morgan fingerprint density at radius 3 is 2.43 bits per heavy atom. The van der Waals surface area contributed by atoms with Crippen LogP contribution in [0.15, 0.2) is 59.8 Å². The Morgan fingerprint density at radius 1 is 1.17 bits per heavy atom. The molecule has 0 aliphatic carbocycles. The van der Waals surface area contributed by atoms with Crippen molar-refractivity contribution in [2.75, 3.05) is 6.54 Å². The van der Waals surface area contributed by atoms with Gasteiger partial charge in [0.2, 0.25) is 10.0 Å². The maximum absolute atomic E-state index is 12.9. The molecule has 5 nitrogen and oxygen atoms in total. The van der Waals surface area contributed by atoms with E-state index in [0.717, 1.165) is 5.56 Å². The van der Waals surface area contributed by atoms with E-state index < -0.39 is 15.6 Å². The molecule has 1 heterocycles. The lowest BCUT2D eigenvalue weighted by Crippen LogP contribution is -2.43. The fourth-order valence-electron chi connectivity index (χ4n) is 2.15. The van der Waals surface area contributed by atoms with E-state index in [1.54, 1.807) is 13.0 Å². The van der Waals surface area contributed by atoms with Gasteiger partial charge in [-0.1, -0.05) is 37.3 Å². The summed E-state index contributed by atoms with van der Waals surface area (Å²) < 4.78 is 27.1. The van der Waals surface area contributed by atoms with Gasteiger partial charge in [0.05, 0.1) is 5.60 Å². The van der Waals surface area contributed by atoms with Crippen LogP contribution >= 0.6 is 0 Å². The third-order valence-corrected chi connectivity index (χ3v) is 5.53. The second-order valence-electron chi connectivity index (χ2n) is 5.80. The van der Waals surface area contributed by atoms with Gasteiger partial charge < -0.3 is 5.11 Å². The molecule has 0 spiro atoms. The van der Waals surface area contributed by atoms with Crippen molar-refractivity contribution in [3.05, 3.63) is 60.4 Å². The van der Waals surface area contributed by atoms with Crippen LogP contribution in [0.5, 0.6) is 0 Å². The second kappa shape index (κ2) is 7.21. The van der Waals surface area contributed by atoms with Crippen LogP contribution in [0.4, 0.5) is 0 Å². The lowest BCUT2D eigenvalue weighted by Gasteiger charge is -2.30. The van der Waals surface area contributed by atoms with Crippen LogP contribution in [0, 0.1) is 0 Å². The van der Waals surface area contributed by atoms with E-state index in [0.29, 0.717) is 6.42 Å². The first-order chi connectivity index (χ1) is 10.8. The van der Waals surface area contributed by atoms with Crippen molar-refractivity contribution in [2.45, 2.75) is 37.3 Å². The van der Waals surface area contributed by atoms with Crippen LogP contribution in [0.3, 0.4) is 0 Å². The topological polar surface area (TPSA) is 70.5 Å². The van der Waals surface area contributed by atoms with Gasteiger partial charge >= 0.3 is 0 Å². The fourth-order valence-corrected chi connectivity index (χ4v) is 3.66. The molecular weight excluding hydrogens is 312 g/mol. The minimum atomic E-state index is -3.73. The third kappa shape index (κ3) is 4.60. The summed E-state index contributed by atoms with van der Waals surface area (Å²) in [5.41, 5.74) is -0.226. The van der Waals surface area contributed by atoms with Crippen molar-refractivity contribution >= 4 is 10.0 Å². The lowest BCUT2D eigenvalue weighted by atomic mass is 10.0. The molecule has 0 saturated heterocycles. The third-order valence-electron chi connectivity index (χ3n) is 3.75. The van der Waals surface area contributed by atoms with Crippen LogP contribution in [0.25, 0.3) is 0 Å². The van der Waals surface area contributed by atoms with Crippen LogP contribution in [-0.2, 0) is 16.6 Å². The highest BCUT2D eigenvalue weighted by Crippen LogP contribution is 2.21. The molecule has 1 aromatic carbocycles. The Labute approximate surface area is 137 Å². The van der Waals surface area contributed by atoms with Crippen LogP contribution in [0.1, 0.15) is 25.8 Å². The Kier molecular flexibility index (Phi) is 5.51. The average molecular weight is 334 g/mol. The molecule has 0 aliphatic heterocycles. The molecule has 0 saturated carbocycles. The van der Waals surface area contributed by atoms with E-state index in [9.17, 15) is 13.5 Å². The number of sulfonamides is 1. The standard InChI is InChI=1S/C17H22N2O3S/c1-3-17(2,20)14-19(13-15-8-5-4-6-9-15)23(21,22)16-10-7-11-18-12-16/h4-12,20H,3,13-14H2,1-2H3/t17-/m1/s1. The lowest BCUT2D eigenvalue weighted by molar-refractivity contribution is 0.0355. The van der Waals surface area contributed by atoms with E-state index >= 15 is 0 Å². The van der Waals surface area contributed by atoms with Crippen LogP contribution in [0.2, 0.25) is 0 Å². The summed E-state index contributed by atoms with van der Waals surface area (Å²) in [6.45, 7) is 3.70. The zero-order valence-electron chi connectivity index (χ0n) is 13.4. The van der Waals surface area contributed by atoms with Crippen molar-refractivity contribution in [3.63, 3.8) is 0 Å². The monoisotopic (exact) mass is 334 g/mol. The van der Waals surface area contributed by atoms with E-state index in [4.69, 9.17) is 0 Å². The van der Waals surface area contributed by atoms with Crippen molar-refractivity contribution in [1.82, 2.24) is 9.29 Å². The van der Waals surface area contributed by atoms with Gasteiger partial charge in [0.1, 0.15) is 4.90 Å². The van der Waals surface area contributed by atoms with Crippen molar-refractivity contribution in [1.29, 1.82) is 0 Å². The smallest absolute Gasteiger partial charge is 0.245 e. The number of benzene rings is 1.